The highest BCUT2D eigenvalue weighted by Crippen LogP contribution is 2.12. The molecule has 0 heterocycles. The minimum atomic E-state index is -0.666. The lowest BCUT2D eigenvalue weighted by Gasteiger charge is -2.13. The molecule has 0 aliphatic heterocycles. The van der Waals surface area contributed by atoms with Gasteiger partial charge in [0.1, 0.15) is 23.4 Å². The molecule has 7 heteroatoms. The third kappa shape index (κ3) is 8.04. The Balaban J connectivity index is 1.64. The van der Waals surface area contributed by atoms with Crippen LogP contribution in [0.4, 0.5) is 4.39 Å². The second-order valence-corrected chi connectivity index (χ2v) is 6.28. The molecule has 0 radical (unpaired) electrons. The molecule has 29 heavy (non-hydrogen) atoms. The highest BCUT2D eigenvalue weighted by atomic mass is 19.1. The van der Waals surface area contributed by atoms with Gasteiger partial charge in [0.15, 0.2) is 0 Å². The van der Waals surface area contributed by atoms with Crippen molar-refractivity contribution in [2.24, 2.45) is 0 Å². The molecule has 0 aromatic heterocycles. The fraction of sp³-hybridized carbons (Fsp3) is 0.273. The second-order valence-electron chi connectivity index (χ2n) is 6.28. The van der Waals surface area contributed by atoms with E-state index in [1.807, 2.05) is 12.1 Å². The van der Waals surface area contributed by atoms with Crippen LogP contribution in [0.25, 0.3) is 6.08 Å². The van der Waals surface area contributed by atoms with Crippen LogP contribution >= 0.6 is 0 Å². The number of carbonyl (C=O) groups excluding carboxylic acids is 2. The second kappa shape index (κ2) is 11.5. The maximum atomic E-state index is 12.8. The number of methoxy groups -OCH3 is 1. The lowest BCUT2D eigenvalue weighted by molar-refractivity contribution is -0.126. The maximum absolute atomic E-state index is 12.8. The first-order chi connectivity index (χ1) is 14.0. The summed E-state index contributed by atoms with van der Waals surface area (Å²) in [5, 5.41) is 5.35. The number of hydrogen-bond acceptors (Lipinski definition) is 4. The summed E-state index contributed by atoms with van der Waals surface area (Å²) in [5.41, 5.74) is 0.846. The number of amides is 2. The standard InChI is InChI=1S/C22H25FN2O4/c1-16(25-21(26)13-6-17-4-9-19(28-2)10-5-17)22(27)24-14-3-15-29-20-11-7-18(23)8-12-20/h4-13,16H,3,14-15H2,1-2H3,(H,24,27)(H,25,26)/b13-6+. The first kappa shape index (κ1) is 21.9. The van der Waals surface area contributed by atoms with E-state index in [4.69, 9.17) is 9.47 Å². The maximum Gasteiger partial charge on any atom is 0.244 e. The Morgan fingerprint density at radius 1 is 1.07 bits per heavy atom. The number of benzene rings is 2. The van der Waals surface area contributed by atoms with Gasteiger partial charge in [-0.15, -0.1) is 0 Å². The third-order valence-electron chi connectivity index (χ3n) is 4.00. The molecule has 0 saturated heterocycles. The van der Waals surface area contributed by atoms with Crippen LogP contribution in [0.5, 0.6) is 11.5 Å². The first-order valence-electron chi connectivity index (χ1n) is 9.26. The van der Waals surface area contributed by atoms with Crippen molar-refractivity contribution in [3.8, 4) is 11.5 Å². The number of nitrogens with one attached hydrogen (secondary N) is 2. The SMILES string of the molecule is COc1ccc(/C=C/C(=O)NC(C)C(=O)NCCCOc2ccc(F)cc2)cc1. The van der Waals surface area contributed by atoms with Crippen LogP contribution in [0.15, 0.2) is 54.6 Å². The quantitative estimate of drug-likeness (QED) is 0.475. The van der Waals surface area contributed by atoms with Crippen molar-refractivity contribution in [3.63, 3.8) is 0 Å². The number of rotatable bonds is 10. The number of halogens is 1. The zero-order valence-corrected chi connectivity index (χ0v) is 16.5. The molecule has 0 fully saturated rings. The summed E-state index contributed by atoms with van der Waals surface area (Å²) in [4.78, 5) is 24.0. The van der Waals surface area contributed by atoms with Crippen molar-refractivity contribution >= 4 is 17.9 Å². The molecule has 154 valence electrons. The van der Waals surface area contributed by atoms with E-state index in [0.29, 0.717) is 25.3 Å². The molecule has 2 N–H and O–H groups in total. The zero-order chi connectivity index (χ0) is 21.1. The van der Waals surface area contributed by atoms with Gasteiger partial charge >= 0.3 is 0 Å². The van der Waals surface area contributed by atoms with Gasteiger partial charge < -0.3 is 20.1 Å². The van der Waals surface area contributed by atoms with Crippen LogP contribution < -0.4 is 20.1 Å². The highest BCUT2D eigenvalue weighted by Gasteiger charge is 2.13. The van der Waals surface area contributed by atoms with Gasteiger partial charge in [-0.2, -0.15) is 0 Å². The molecule has 0 aliphatic carbocycles. The van der Waals surface area contributed by atoms with Crippen LogP contribution in [-0.4, -0.2) is 38.1 Å². The molecule has 0 spiro atoms. The lowest BCUT2D eigenvalue weighted by Crippen LogP contribution is -2.44. The third-order valence-corrected chi connectivity index (χ3v) is 4.00. The average Bonchev–Trinajstić information content (AvgIpc) is 2.73. The molecule has 2 aromatic carbocycles. The molecular formula is C22H25FN2O4. The van der Waals surface area contributed by atoms with E-state index in [9.17, 15) is 14.0 Å². The predicted octanol–water partition coefficient (Wildman–Crippen LogP) is 2.94. The Labute approximate surface area is 169 Å². The van der Waals surface area contributed by atoms with Crippen LogP contribution in [-0.2, 0) is 9.59 Å². The molecule has 0 aliphatic rings. The Morgan fingerprint density at radius 3 is 2.38 bits per heavy atom. The molecule has 2 aromatic rings. The van der Waals surface area contributed by atoms with E-state index < -0.39 is 6.04 Å². The van der Waals surface area contributed by atoms with Crippen molar-refractivity contribution < 1.29 is 23.5 Å². The van der Waals surface area contributed by atoms with Crippen molar-refractivity contribution in [1.29, 1.82) is 0 Å². The fourth-order valence-corrected chi connectivity index (χ4v) is 2.37. The first-order valence-corrected chi connectivity index (χ1v) is 9.26. The Kier molecular flexibility index (Phi) is 8.69. The largest absolute Gasteiger partial charge is 0.497 e. The Hall–Kier alpha value is -3.35. The molecule has 0 saturated carbocycles. The van der Waals surface area contributed by atoms with Crippen molar-refractivity contribution in [2.45, 2.75) is 19.4 Å². The summed E-state index contributed by atoms with van der Waals surface area (Å²) in [7, 11) is 1.59. The van der Waals surface area contributed by atoms with E-state index in [0.717, 1.165) is 11.3 Å². The van der Waals surface area contributed by atoms with Gasteiger partial charge in [0.25, 0.3) is 0 Å². The minimum Gasteiger partial charge on any atom is -0.497 e. The van der Waals surface area contributed by atoms with Crippen LogP contribution in [0.1, 0.15) is 18.9 Å². The molecule has 1 unspecified atom stereocenters. The van der Waals surface area contributed by atoms with Crippen LogP contribution in [0, 0.1) is 5.82 Å². The monoisotopic (exact) mass is 400 g/mol. The van der Waals surface area contributed by atoms with E-state index >= 15 is 0 Å². The number of hydrogen-bond donors (Lipinski definition) is 2. The van der Waals surface area contributed by atoms with Gasteiger partial charge in [-0.25, -0.2) is 4.39 Å². The summed E-state index contributed by atoms with van der Waals surface area (Å²) in [6.07, 6.45) is 3.62. The zero-order valence-electron chi connectivity index (χ0n) is 16.5. The van der Waals surface area contributed by atoms with E-state index in [1.165, 1.54) is 18.2 Å². The minimum absolute atomic E-state index is 0.280. The van der Waals surface area contributed by atoms with Gasteiger partial charge in [-0.05, 0) is 61.4 Å². The van der Waals surface area contributed by atoms with Crippen molar-refractivity contribution in [3.05, 3.63) is 66.0 Å². The van der Waals surface area contributed by atoms with E-state index in [-0.39, 0.29) is 17.6 Å². The Morgan fingerprint density at radius 2 is 1.72 bits per heavy atom. The van der Waals surface area contributed by atoms with E-state index in [1.54, 1.807) is 44.4 Å². The fourth-order valence-electron chi connectivity index (χ4n) is 2.37. The average molecular weight is 400 g/mol. The Bertz CT molecular complexity index is 820. The van der Waals surface area contributed by atoms with Gasteiger partial charge in [0.2, 0.25) is 11.8 Å². The molecule has 2 rings (SSSR count). The van der Waals surface area contributed by atoms with Gasteiger partial charge in [-0.3, -0.25) is 9.59 Å². The van der Waals surface area contributed by atoms with Crippen molar-refractivity contribution in [1.82, 2.24) is 10.6 Å². The topological polar surface area (TPSA) is 76.7 Å². The summed E-state index contributed by atoms with van der Waals surface area (Å²) in [5.74, 6) is 0.350. The van der Waals surface area contributed by atoms with E-state index in [2.05, 4.69) is 10.6 Å². The molecule has 2 amide bonds. The van der Waals surface area contributed by atoms with Gasteiger partial charge in [0, 0.05) is 12.6 Å². The smallest absolute Gasteiger partial charge is 0.244 e. The normalized spacial score (nSPS) is 11.7. The lowest BCUT2D eigenvalue weighted by atomic mass is 10.2. The number of carbonyl (C=O) groups is 2. The predicted molar refractivity (Wildman–Crippen MR) is 109 cm³/mol. The summed E-state index contributed by atoms with van der Waals surface area (Å²) in [6.45, 7) is 2.41. The summed E-state index contributed by atoms with van der Waals surface area (Å²) < 4.78 is 23.3. The van der Waals surface area contributed by atoms with Crippen molar-refractivity contribution in [2.75, 3.05) is 20.3 Å². The molecule has 1 atom stereocenters. The summed E-state index contributed by atoms with van der Waals surface area (Å²) >= 11 is 0. The van der Waals surface area contributed by atoms with Crippen LogP contribution in [0.3, 0.4) is 0 Å². The molecule has 6 nitrogen and oxygen atoms in total. The van der Waals surface area contributed by atoms with Gasteiger partial charge in [0.05, 0.1) is 13.7 Å². The molecule has 0 bridgehead atoms. The van der Waals surface area contributed by atoms with Gasteiger partial charge in [-0.1, -0.05) is 12.1 Å². The summed E-state index contributed by atoms with van der Waals surface area (Å²) in [6, 6.07) is 12.3. The molecular weight excluding hydrogens is 375 g/mol. The highest BCUT2D eigenvalue weighted by molar-refractivity contribution is 5.95. The van der Waals surface area contributed by atoms with Crippen LogP contribution in [0.2, 0.25) is 0 Å². The number of ether oxygens (including phenoxy) is 2.